The van der Waals surface area contributed by atoms with Gasteiger partial charge in [-0.2, -0.15) is 0 Å². The van der Waals surface area contributed by atoms with Crippen molar-refractivity contribution in [2.75, 3.05) is 31.1 Å². The molecule has 1 heterocycles. The van der Waals surface area contributed by atoms with E-state index in [-0.39, 0.29) is 5.91 Å². The zero-order valence-corrected chi connectivity index (χ0v) is 18.4. The van der Waals surface area contributed by atoms with Crippen LogP contribution in [0.5, 0.6) is 0 Å². The molecule has 7 heteroatoms. The number of hydrogen-bond acceptors (Lipinski definition) is 3. The van der Waals surface area contributed by atoms with E-state index in [1.54, 1.807) is 0 Å². The van der Waals surface area contributed by atoms with Gasteiger partial charge in [0.05, 0.1) is 6.54 Å². The summed E-state index contributed by atoms with van der Waals surface area (Å²) in [5, 5.41) is 10.4. The Morgan fingerprint density at radius 1 is 1.13 bits per heavy atom. The van der Waals surface area contributed by atoms with Crippen LogP contribution in [-0.4, -0.2) is 44.1 Å². The fourth-order valence-corrected chi connectivity index (χ4v) is 3.68. The molecule has 2 aromatic rings. The summed E-state index contributed by atoms with van der Waals surface area (Å²) in [6.07, 6.45) is 1.04. The highest BCUT2D eigenvalue weighted by molar-refractivity contribution is 6.30. The van der Waals surface area contributed by atoms with Crippen molar-refractivity contribution >= 4 is 29.2 Å². The Hall–Kier alpha value is -2.73. The number of carbonyl (C=O) groups excluding carboxylic acids is 1. The van der Waals surface area contributed by atoms with Crippen LogP contribution >= 0.6 is 11.6 Å². The van der Waals surface area contributed by atoms with E-state index in [1.165, 1.54) is 0 Å². The Bertz CT molecular complexity index is 868. The second-order valence-electron chi connectivity index (χ2n) is 7.31. The third-order valence-corrected chi connectivity index (χ3v) is 5.25. The highest BCUT2D eigenvalue weighted by atomic mass is 35.5. The van der Waals surface area contributed by atoms with Crippen LogP contribution in [0, 0.1) is 0 Å². The van der Waals surface area contributed by atoms with Gasteiger partial charge in [-0.15, -0.1) is 0 Å². The van der Waals surface area contributed by atoms with Crippen molar-refractivity contribution < 1.29 is 4.79 Å². The van der Waals surface area contributed by atoms with Crippen molar-refractivity contribution in [1.29, 1.82) is 0 Å². The molecule has 3 N–H and O–H groups in total. The standard InChI is InChI=1S/C23H30ClN5O/c1-3-25-22(30)18-10-8-17(9-11-18)15-27-23(26-4-2)28-20-12-13-29(16-20)21-7-5-6-19(24)14-21/h5-11,14,20H,3-4,12-13,15-16H2,1-2H3,(H,25,30)(H2,26,27,28). The molecule has 6 nitrogen and oxygen atoms in total. The van der Waals surface area contributed by atoms with E-state index in [4.69, 9.17) is 16.6 Å². The van der Waals surface area contributed by atoms with E-state index in [1.807, 2.05) is 49.4 Å². The Kier molecular flexibility index (Phi) is 7.97. The van der Waals surface area contributed by atoms with E-state index < -0.39 is 0 Å². The number of aliphatic imine (C=N–C) groups is 1. The van der Waals surface area contributed by atoms with Crippen molar-refractivity contribution in [2.45, 2.75) is 32.9 Å². The number of amides is 1. The van der Waals surface area contributed by atoms with Crippen molar-refractivity contribution in [1.82, 2.24) is 16.0 Å². The third-order valence-electron chi connectivity index (χ3n) is 5.02. The predicted molar refractivity (Wildman–Crippen MR) is 124 cm³/mol. The van der Waals surface area contributed by atoms with Gasteiger partial charge in [0.15, 0.2) is 5.96 Å². The van der Waals surface area contributed by atoms with E-state index in [0.717, 1.165) is 48.3 Å². The summed E-state index contributed by atoms with van der Waals surface area (Å²) in [5.41, 5.74) is 2.88. The molecular formula is C23H30ClN5O. The Balaban J connectivity index is 1.58. The summed E-state index contributed by atoms with van der Waals surface area (Å²) in [6, 6.07) is 15.9. The molecule has 1 amide bonds. The van der Waals surface area contributed by atoms with Crippen molar-refractivity contribution in [3.63, 3.8) is 0 Å². The van der Waals surface area contributed by atoms with Crippen LogP contribution in [0.15, 0.2) is 53.5 Å². The van der Waals surface area contributed by atoms with Crippen molar-refractivity contribution in [2.24, 2.45) is 4.99 Å². The molecule has 1 unspecified atom stereocenters. The highest BCUT2D eigenvalue weighted by Crippen LogP contribution is 2.23. The predicted octanol–water partition coefficient (Wildman–Crippen LogP) is 3.42. The summed E-state index contributed by atoms with van der Waals surface area (Å²) in [6.45, 7) is 7.84. The Labute approximate surface area is 183 Å². The normalized spacial score (nSPS) is 16.4. The van der Waals surface area contributed by atoms with Gasteiger partial charge in [0, 0.05) is 48.5 Å². The van der Waals surface area contributed by atoms with Gasteiger partial charge in [0.1, 0.15) is 0 Å². The summed E-state index contributed by atoms with van der Waals surface area (Å²) in [5.74, 6) is 0.760. The van der Waals surface area contributed by atoms with Gasteiger partial charge in [-0.05, 0) is 56.2 Å². The molecular weight excluding hydrogens is 398 g/mol. The first-order chi connectivity index (χ1) is 14.6. The van der Waals surface area contributed by atoms with Gasteiger partial charge >= 0.3 is 0 Å². The number of nitrogens with one attached hydrogen (secondary N) is 3. The zero-order valence-electron chi connectivity index (χ0n) is 17.6. The van der Waals surface area contributed by atoms with Gasteiger partial charge in [0.25, 0.3) is 5.91 Å². The van der Waals surface area contributed by atoms with Crippen molar-refractivity contribution in [3.05, 3.63) is 64.7 Å². The molecule has 1 aliphatic heterocycles. The van der Waals surface area contributed by atoms with Crippen LogP contribution in [0.2, 0.25) is 5.02 Å². The first kappa shape index (κ1) is 22.0. The number of nitrogens with zero attached hydrogens (tertiary/aromatic N) is 2. The molecule has 0 radical (unpaired) electrons. The molecule has 1 fully saturated rings. The molecule has 0 saturated carbocycles. The van der Waals surface area contributed by atoms with Crippen LogP contribution in [0.3, 0.4) is 0 Å². The van der Waals surface area contributed by atoms with E-state index >= 15 is 0 Å². The van der Waals surface area contributed by atoms with Crippen molar-refractivity contribution in [3.8, 4) is 0 Å². The van der Waals surface area contributed by atoms with Gasteiger partial charge in [0.2, 0.25) is 0 Å². The number of hydrogen-bond donors (Lipinski definition) is 3. The highest BCUT2D eigenvalue weighted by Gasteiger charge is 2.23. The second-order valence-corrected chi connectivity index (χ2v) is 7.74. The zero-order chi connectivity index (χ0) is 21.3. The number of guanidine groups is 1. The molecule has 3 rings (SSSR count). The molecule has 1 saturated heterocycles. The maximum absolute atomic E-state index is 11.9. The Morgan fingerprint density at radius 2 is 1.90 bits per heavy atom. The van der Waals surface area contributed by atoms with E-state index in [0.29, 0.717) is 24.7 Å². The summed E-state index contributed by atoms with van der Waals surface area (Å²) >= 11 is 6.13. The quantitative estimate of drug-likeness (QED) is 0.467. The third kappa shape index (κ3) is 6.13. The molecule has 0 aliphatic carbocycles. The minimum Gasteiger partial charge on any atom is -0.369 e. The fraction of sp³-hybridized carbons (Fsp3) is 0.391. The van der Waals surface area contributed by atoms with Crippen LogP contribution in [-0.2, 0) is 6.54 Å². The lowest BCUT2D eigenvalue weighted by atomic mass is 10.1. The fourth-order valence-electron chi connectivity index (χ4n) is 3.49. The monoisotopic (exact) mass is 427 g/mol. The number of halogens is 1. The average molecular weight is 428 g/mol. The summed E-state index contributed by atoms with van der Waals surface area (Å²) < 4.78 is 0. The Morgan fingerprint density at radius 3 is 2.60 bits per heavy atom. The minimum atomic E-state index is -0.0481. The smallest absolute Gasteiger partial charge is 0.251 e. The summed E-state index contributed by atoms with van der Waals surface area (Å²) in [4.78, 5) is 18.9. The molecule has 30 heavy (non-hydrogen) atoms. The largest absolute Gasteiger partial charge is 0.369 e. The van der Waals surface area contributed by atoms with Crippen LogP contribution in [0.25, 0.3) is 0 Å². The molecule has 160 valence electrons. The van der Waals surface area contributed by atoms with Gasteiger partial charge < -0.3 is 20.9 Å². The second kappa shape index (κ2) is 10.9. The lowest BCUT2D eigenvalue weighted by Gasteiger charge is -2.20. The van der Waals surface area contributed by atoms with Gasteiger partial charge in [-0.25, -0.2) is 4.99 Å². The summed E-state index contributed by atoms with van der Waals surface area (Å²) in [7, 11) is 0. The lowest BCUT2D eigenvalue weighted by molar-refractivity contribution is 0.0956. The molecule has 0 bridgehead atoms. The van der Waals surface area contributed by atoms with Crippen LogP contribution < -0.4 is 20.9 Å². The molecule has 0 spiro atoms. The molecule has 1 atom stereocenters. The SMILES string of the molecule is CCNC(=O)c1ccc(CN=C(NCC)NC2CCN(c3cccc(Cl)c3)C2)cc1. The number of carbonyl (C=O) groups is 1. The number of benzene rings is 2. The van der Waals surface area contributed by atoms with Gasteiger partial charge in [-0.3, -0.25) is 4.79 Å². The van der Waals surface area contributed by atoms with Crippen LogP contribution in [0.1, 0.15) is 36.2 Å². The molecule has 0 aromatic heterocycles. The van der Waals surface area contributed by atoms with Crippen LogP contribution in [0.4, 0.5) is 5.69 Å². The van der Waals surface area contributed by atoms with Gasteiger partial charge in [-0.1, -0.05) is 29.8 Å². The lowest BCUT2D eigenvalue weighted by Crippen LogP contribution is -2.44. The van der Waals surface area contributed by atoms with E-state index in [2.05, 4.69) is 33.8 Å². The van der Waals surface area contributed by atoms with E-state index in [9.17, 15) is 4.79 Å². The average Bonchev–Trinajstić information content (AvgIpc) is 3.21. The first-order valence-corrected chi connectivity index (χ1v) is 10.9. The maximum Gasteiger partial charge on any atom is 0.251 e. The topological polar surface area (TPSA) is 68.8 Å². The minimum absolute atomic E-state index is 0.0481. The number of anilines is 1. The number of rotatable bonds is 7. The molecule has 1 aliphatic rings. The maximum atomic E-state index is 11.9. The first-order valence-electron chi connectivity index (χ1n) is 10.5. The molecule has 2 aromatic carbocycles.